The van der Waals surface area contributed by atoms with Gasteiger partial charge in [0.15, 0.2) is 0 Å². The summed E-state index contributed by atoms with van der Waals surface area (Å²) in [5.74, 6) is 0. The van der Waals surface area contributed by atoms with Crippen molar-refractivity contribution in [3.8, 4) is 0 Å². The van der Waals surface area contributed by atoms with Gasteiger partial charge in [0, 0.05) is 0 Å². The number of hydrogen-bond donors (Lipinski definition) is 2. The van der Waals surface area contributed by atoms with Crippen molar-refractivity contribution in [3.63, 3.8) is 0 Å². The SMILES string of the molecule is CC(C)(C)CC(C)(c1ccccc1)C(C)(C)C.OO. The summed E-state index contributed by atoms with van der Waals surface area (Å²) in [6, 6.07) is 11.0. The second-order valence-electron chi connectivity index (χ2n) is 7.69. The van der Waals surface area contributed by atoms with E-state index in [2.05, 4.69) is 78.8 Å². The van der Waals surface area contributed by atoms with Crippen molar-refractivity contribution in [2.45, 2.75) is 60.3 Å². The molecule has 1 rings (SSSR count). The summed E-state index contributed by atoms with van der Waals surface area (Å²) < 4.78 is 0. The summed E-state index contributed by atoms with van der Waals surface area (Å²) in [5.41, 5.74) is 2.29. The number of benzene rings is 1. The average molecular weight is 266 g/mol. The standard InChI is InChI=1S/C17H28.H2O2/c1-15(2,3)13-17(7,16(4,5)6)14-11-9-8-10-12-14;1-2/h8-12H,13H2,1-7H3;1-2H. The van der Waals surface area contributed by atoms with Crippen molar-refractivity contribution < 1.29 is 10.5 Å². The quantitative estimate of drug-likeness (QED) is 0.552. The van der Waals surface area contributed by atoms with Crippen LogP contribution in [-0.2, 0) is 5.41 Å². The van der Waals surface area contributed by atoms with Gasteiger partial charge in [-0.1, -0.05) is 78.8 Å². The Morgan fingerprint density at radius 2 is 1.21 bits per heavy atom. The summed E-state index contributed by atoms with van der Waals surface area (Å²) in [7, 11) is 0. The van der Waals surface area contributed by atoms with Crippen molar-refractivity contribution in [1.29, 1.82) is 0 Å². The molecule has 0 saturated carbocycles. The zero-order chi connectivity index (χ0) is 15.3. The lowest BCUT2D eigenvalue weighted by Crippen LogP contribution is -2.40. The van der Waals surface area contributed by atoms with Gasteiger partial charge in [0.1, 0.15) is 0 Å². The minimum absolute atomic E-state index is 0.215. The van der Waals surface area contributed by atoms with Crippen LogP contribution in [0.25, 0.3) is 0 Å². The minimum Gasteiger partial charge on any atom is -0.255 e. The van der Waals surface area contributed by atoms with Crippen LogP contribution >= 0.6 is 0 Å². The fourth-order valence-electron chi connectivity index (χ4n) is 2.67. The Morgan fingerprint density at radius 1 is 0.789 bits per heavy atom. The molecule has 0 aliphatic rings. The maximum atomic E-state index is 6.00. The average Bonchev–Trinajstić information content (AvgIpc) is 2.29. The molecule has 0 aliphatic carbocycles. The normalized spacial score (nSPS) is 15.2. The van der Waals surface area contributed by atoms with Crippen LogP contribution in [-0.4, -0.2) is 10.5 Å². The number of hydrogen-bond acceptors (Lipinski definition) is 2. The third-order valence-electron chi connectivity index (χ3n) is 3.95. The lowest BCUT2D eigenvalue weighted by Gasteiger charge is -2.46. The molecule has 0 bridgehead atoms. The molecule has 0 saturated heterocycles. The van der Waals surface area contributed by atoms with Gasteiger partial charge in [0.05, 0.1) is 0 Å². The van der Waals surface area contributed by atoms with Crippen LogP contribution in [0.3, 0.4) is 0 Å². The molecule has 0 spiro atoms. The molecule has 110 valence electrons. The van der Waals surface area contributed by atoms with Crippen molar-refractivity contribution in [2.24, 2.45) is 10.8 Å². The molecule has 0 heterocycles. The summed E-state index contributed by atoms with van der Waals surface area (Å²) in [6.45, 7) is 16.5. The molecular weight excluding hydrogens is 236 g/mol. The summed E-state index contributed by atoms with van der Waals surface area (Å²) in [4.78, 5) is 0. The fraction of sp³-hybridized carbons (Fsp3) is 0.647. The highest BCUT2D eigenvalue weighted by Crippen LogP contribution is 2.48. The van der Waals surface area contributed by atoms with Crippen LogP contribution in [0.2, 0.25) is 0 Å². The molecule has 0 radical (unpaired) electrons. The molecular formula is C17H30O2. The second-order valence-corrected chi connectivity index (χ2v) is 7.69. The van der Waals surface area contributed by atoms with Crippen LogP contribution < -0.4 is 0 Å². The van der Waals surface area contributed by atoms with Crippen LogP contribution in [0.5, 0.6) is 0 Å². The lowest BCUT2D eigenvalue weighted by molar-refractivity contribution is -0.176. The topological polar surface area (TPSA) is 40.5 Å². The van der Waals surface area contributed by atoms with E-state index in [4.69, 9.17) is 10.5 Å². The lowest BCUT2D eigenvalue weighted by atomic mass is 9.58. The summed E-state index contributed by atoms with van der Waals surface area (Å²) in [6.07, 6.45) is 1.20. The van der Waals surface area contributed by atoms with Gasteiger partial charge in [-0.25, -0.2) is 0 Å². The number of rotatable bonds is 2. The van der Waals surface area contributed by atoms with E-state index in [-0.39, 0.29) is 10.8 Å². The zero-order valence-electron chi connectivity index (χ0n) is 13.5. The van der Waals surface area contributed by atoms with E-state index in [1.807, 2.05) is 0 Å². The third kappa shape index (κ3) is 4.96. The maximum Gasteiger partial charge on any atom is -0.00218 e. The largest absolute Gasteiger partial charge is 0.255 e. The summed E-state index contributed by atoms with van der Waals surface area (Å²) >= 11 is 0. The molecule has 2 nitrogen and oxygen atoms in total. The van der Waals surface area contributed by atoms with E-state index in [0.717, 1.165) is 0 Å². The molecule has 0 aromatic heterocycles. The second kappa shape index (κ2) is 6.53. The van der Waals surface area contributed by atoms with E-state index in [9.17, 15) is 0 Å². The Morgan fingerprint density at radius 3 is 1.53 bits per heavy atom. The third-order valence-corrected chi connectivity index (χ3v) is 3.95. The highest BCUT2D eigenvalue weighted by molar-refractivity contribution is 5.27. The van der Waals surface area contributed by atoms with Crippen LogP contribution in [0.4, 0.5) is 0 Å². The van der Waals surface area contributed by atoms with Gasteiger partial charge in [0.2, 0.25) is 0 Å². The maximum absolute atomic E-state index is 6.00. The van der Waals surface area contributed by atoms with Gasteiger partial charge < -0.3 is 0 Å². The van der Waals surface area contributed by atoms with Gasteiger partial charge in [0.25, 0.3) is 0 Å². The van der Waals surface area contributed by atoms with Gasteiger partial charge in [-0.3, -0.25) is 10.5 Å². The molecule has 2 heteroatoms. The molecule has 1 aromatic carbocycles. The first-order valence-electron chi connectivity index (χ1n) is 6.82. The first-order chi connectivity index (χ1) is 8.56. The van der Waals surface area contributed by atoms with Gasteiger partial charge in [-0.2, -0.15) is 0 Å². The molecule has 1 atom stereocenters. The first-order valence-corrected chi connectivity index (χ1v) is 6.82. The Balaban J connectivity index is 0.00000154. The fourth-order valence-corrected chi connectivity index (χ4v) is 2.67. The van der Waals surface area contributed by atoms with Gasteiger partial charge in [-0.15, -0.1) is 0 Å². The van der Waals surface area contributed by atoms with E-state index in [1.165, 1.54) is 12.0 Å². The van der Waals surface area contributed by atoms with Crippen molar-refractivity contribution >= 4 is 0 Å². The van der Waals surface area contributed by atoms with E-state index >= 15 is 0 Å². The highest BCUT2D eigenvalue weighted by Gasteiger charge is 2.41. The predicted octanol–water partition coefficient (Wildman–Crippen LogP) is 5.44. The van der Waals surface area contributed by atoms with Crippen LogP contribution in [0.15, 0.2) is 30.3 Å². The molecule has 0 aliphatic heterocycles. The predicted molar refractivity (Wildman–Crippen MR) is 82.6 cm³/mol. The molecule has 2 N–H and O–H groups in total. The van der Waals surface area contributed by atoms with E-state index < -0.39 is 0 Å². The van der Waals surface area contributed by atoms with E-state index in [0.29, 0.717) is 5.41 Å². The Kier molecular flexibility index (Phi) is 6.24. The zero-order valence-corrected chi connectivity index (χ0v) is 13.5. The minimum atomic E-state index is 0.215. The van der Waals surface area contributed by atoms with Crippen LogP contribution in [0, 0.1) is 10.8 Å². The smallest absolute Gasteiger partial charge is 0.00218 e. The van der Waals surface area contributed by atoms with Gasteiger partial charge in [-0.05, 0) is 28.2 Å². The molecule has 1 aromatic rings. The highest BCUT2D eigenvalue weighted by atomic mass is 17.0. The van der Waals surface area contributed by atoms with Crippen molar-refractivity contribution in [3.05, 3.63) is 35.9 Å². The van der Waals surface area contributed by atoms with Crippen molar-refractivity contribution in [2.75, 3.05) is 0 Å². The van der Waals surface area contributed by atoms with Gasteiger partial charge >= 0.3 is 0 Å². The Bertz CT molecular complexity index is 357. The summed E-state index contributed by atoms with van der Waals surface area (Å²) in [5, 5.41) is 12.0. The monoisotopic (exact) mass is 266 g/mol. The molecule has 0 amide bonds. The van der Waals surface area contributed by atoms with Crippen molar-refractivity contribution in [1.82, 2.24) is 0 Å². The molecule has 0 fully saturated rings. The molecule has 19 heavy (non-hydrogen) atoms. The van der Waals surface area contributed by atoms with E-state index in [1.54, 1.807) is 0 Å². The molecule has 1 unspecified atom stereocenters. The van der Waals surface area contributed by atoms with Crippen LogP contribution in [0.1, 0.15) is 60.5 Å². The Hall–Kier alpha value is -0.860. The Labute approximate surface area is 118 Å². The first kappa shape index (κ1) is 18.1.